The lowest BCUT2D eigenvalue weighted by molar-refractivity contribution is -0.143. The fourth-order valence-corrected chi connectivity index (χ4v) is 6.16. The van der Waals surface area contributed by atoms with Crippen LogP contribution in [-0.4, -0.2) is 47.9 Å². The summed E-state index contributed by atoms with van der Waals surface area (Å²) in [5.74, 6) is -0.133. The highest BCUT2D eigenvalue weighted by molar-refractivity contribution is 5.94. The predicted octanol–water partition coefficient (Wildman–Crippen LogP) is 5.56. The molecule has 2 fully saturated rings. The molecular weight excluding hydrogens is 520 g/mol. The summed E-state index contributed by atoms with van der Waals surface area (Å²) in [5.41, 5.74) is 4.74. The monoisotopic (exact) mass is 556 g/mol. The van der Waals surface area contributed by atoms with Crippen LogP contribution >= 0.6 is 0 Å². The first kappa shape index (κ1) is 27.1. The van der Waals surface area contributed by atoms with Gasteiger partial charge in [-0.05, 0) is 72.2 Å². The zero-order valence-electron chi connectivity index (χ0n) is 23.5. The van der Waals surface area contributed by atoms with Gasteiger partial charge in [0.15, 0.2) is 11.5 Å². The second-order valence-electron chi connectivity index (χ2n) is 11.1. The van der Waals surface area contributed by atoms with Crippen LogP contribution in [0.25, 0.3) is 0 Å². The number of hydrogen-bond acceptors (Lipinski definition) is 6. The maximum Gasteiger partial charge on any atom is 0.309 e. The summed E-state index contributed by atoms with van der Waals surface area (Å²) in [6.45, 7) is 4.77. The lowest BCUT2D eigenvalue weighted by Crippen LogP contribution is -2.35. The van der Waals surface area contributed by atoms with Gasteiger partial charge in [-0.3, -0.25) is 14.5 Å². The maximum absolute atomic E-state index is 13.6. The van der Waals surface area contributed by atoms with Crippen molar-refractivity contribution in [3.63, 3.8) is 0 Å². The third kappa shape index (κ3) is 5.61. The number of carboxylic acids is 1. The van der Waals surface area contributed by atoms with Gasteiger partial charge in [-0.1, -0.05) is 50.2 Å². The lowest BCUT2D eigenvalue weighted by atomic mass is 9.82. The van der Waals surface area contributed by atoms with E-state index in [0.29, 0.717) is 18.0 Å². The van der Waals surface area contributed by atoms with Crippen LogP contribution in [0.15, 0.2) is 60.7 Å². The lowest BCUT2D eigenvalue weighted by Gasteiger charge is -2.27. The van der Waals surface area contributed by atoms with Crippen molar-refractivity contribution in [2.24, 2.45) is 5.92 Å². The Morgan fingerprint density at radius 1 is 0.951 bits per heavy atom. The summed E-state index contributed by atoms with van der Waals surface area (Å²) < 4.78 is 17.0. The molecule has 0 aromatic heterocycles. The number of carboxylic acid groups (broad SMARTS) is 1. The second kappa shape index (κ2) is 11.4. The van der Waals surface area contributed by atoms with E-state index in [-0.39, 0.29) is 31.3 Å². The van der Waals surface area contributed by atoms with Crippen molar-refractivity contribution < 1.29 is 28.9 Å². The highest BCUT2D eigenvalue weighted by Gasteiger charge is 2.48. The van der Waals surface area contributed by atoms with E-state index in [0.717, 1.165) is 59.4 Å². The molecular formula is C33H36N2O6. The van der Waals surface area contributed by atoms with Gasteiger partial charge >= 0.3 is 5.97 Å². The first-order valence-electron chi connectivity index (χ1n) is 14.5. The van der Waals surface area contributed by atoms with Crippen LogP contribution in [0.5, 0.6) is 17.2 Å². The van der Waals surface area contributed by atoms with Gasteiger partial charge in [-0.25, -0.2) is 0 Å². The average Bonchev–Trinajstić information content (AvgIpc) is 3.52. The van der Waals surface area contributed by atoms with Crippen molar-refractivity contribution in [3.05, 3.63) is 82.9 Å². The zero-order valence-corrected chi connectivity index (χ0v) is 23.5. The number of hydrogen-bond donors (Lipinski definition) is 2. The quantitative estimate of drug-likeness (QED) is 0.337. The Hall–Kier alpha value is -4.04. The van der Waals surface area contributed by atoms with Crippen LogP contribution in [0, 0.1) is 5.92 Å². The molecule has 2 aliphatic heterocycles. The van der Waals surface area contributed by atoms with Gasteiger partial charge in [0.25, 0.3) is 0 Å². The third-order valence-electron chi connectivity index (χ3n) is 8.37. The molecule has 2 N–H and O–H groups in total. The molecule has 0 bridgehead atoms. The summed E-state index contributed by atoms with van der Waals surface area (Å²) in [6.07, 6.45) is 4.00. The normalized spacial score (nSPS) is 21.6. The number of likely N-dealkylation sites (tertiary alicyclic amines) is 1. The van der Waals surface area contributed by atoms with Gasteiger partial charge in [0.05, 0.1) is 18.6 Å². The van der Waals surface area contributed by atoms with Gasteiger partial charge in [0, 0.05) is 24.2 Å². The van der Waals surface area contributed by atoms with Crippen LogP contribution in [0.4, 0.5) is 5.69 Å². The zero-order chi connectivity index (χ0) is 28.5. The van der Waals surface area contributed by atoms with Crippen LogP contribution in [0.1, 0.15) is 60.9 Å². The predicted molar refractivity (Wildman–Crippen MR) is 155 cm³/mol. The van der Waals surface area contributed by atoms with Gasteiger partial charge in [0.1, 0.15) is 5.75 Å². The summed E-state index contributed by atoms with van der Waals surface area (Å²) >= 11 is 0. The highest BCUT2D eigenvalue weighted by atomic mass is 16.7. The number of amides is 1. The van der Waals surface area contributed by atoms with Gasteiger partial charge in [-0.15, -0.1) is 0 Å². The Morgan fingerprint density at radius 3 is 2.29 bits per heavy atom. The standard InChI is InChI=1S/C33H36N2O6/c1-3-20-6-5-7-21(4-2)31(20)34-29(36)18-35-17-26(23-10-15-27-28(16-23)40-19-39-27)30(33(37)38)32(35)22-8-11-24(12-9-22)41-25-13-14-25/h5-12,15-16,25-26,30,32H,3-4,13-14,17-19H2,1-2H3,(H,34,36)(H,37,38)/t26-,30?,32+/m1/s1. The first-order valence-corrected chi connectivity index (χ1v) is 14.5. The average molecular weight is 557 g/mol. The van der Waals surface area contributed by atoms with Crippen molar-refractivity contribution in [3.8, 4) is 17.2 Å². The van der Waals surface area contributed by atoms with E-state index in [9.17, 15) is 14.7 Å². The fraction of sp³-hybridized carbons (Fsp3) is 0.394. The smallest absolute Gasteiger partial charge is 0.309 e. The number of anilines is 1. The largest absolute Gasteiger partial charge is 0.490 e. The summed E-state index contributed by atoms with van der Waals surface area (Å²) in [6, 6.07) is 18.9. The SMILES string of the molecule is CCc1cccc(CC)c1NC(=O)CN1C[C@H](c2ccc3c(c2)OCO3)C(C(=O)O)[C@@H]1c1ccc(OC2CC2)cc1. The molecule has 3 aliphatic rings. The Morgan fingerprint density at radius 2 is 1.63 bits per heavy atom. The topological polar surface area (TPSA) is 97.3 Å². The minimum Gasteiger partial charge on any atom is -0.490 e. The van der Waals surface area contributed by atoms with Crippen molar-refractivity contribution in [1.29, 1.82) is 0 Å². The minimum atomic E-state index is -0.900. The molecule has 1 saturated heterocycles. The van der Waals surface area contributed by atoms with Crippen LogP contribution in [0.2, 0.25) is 0 Å². The van der Waals surface area contributed by atoms with Gasteiger partial charge in [0.2, 0.25) is 12.7 Å². The molecule has 3 aromatic carbocycles. The fourth-order valence-electron chi connectivity index (χ4n) is 6.16. The highest BCUT2D eigenvalue weighted by Crippen LogP contribution is 2.48. The number of carbonyl (C=O) groups is 2. The van der Waals surface area contributed by atoms with Crippen molar-refractivity contribution in [1.82, 2.24) is 4.90 Å². The van der Waals surface area contributed by atoms with Crippen LogP contribution in [0.3, 0.4) is 0 Å². The van der Waals surface area contributed by atoms with E-state index in [1.165, 1.54) is 0 Å². The molecule has 3 atom stereocenters. The van der Waals surface area contributed by atoms with Crippen molar-refractivity contribution >= 4 is 17.6 Å². The van der Waals surface area contributed by atoms with E-state index in [4.69, 9.17) is 14.2 Å². The number of para-hydroxylation sites is 1. The molecule has 6 rings (SSSR count). The number of aliphatic carboxylic acids is 1. The molecule has 8 heteroatoms. The summed E-state index contributed by atoms with van der Waals surface area (Å²) in [4.78, 5) is 28.5. The Balaban J connectivity index is 1.32. The molecule has 1 amide bonds. The number of carbonyl (C=O) groups excluding carboxylic acids is 1. The third-order valence-corrected chi connectivity index (χ3v) is 8.37. The molecule has 1 saturated carbocycles. The number of nitrogens with zero attached hydrogens (tertiary/aromatic N) is 1. The number of ether oxygens (including phenoxy) is 3. The number of benzene rings is 3. The molecule has 1 unspecified atom stereocenters. The Labute approximate surface area is 240 Å². The van der Waals surface area contributed by atoms with E-state index >= 15 is 0 Å². The van der Waals surface area contributed by atoms with Crippen molar-refractivity contribution in [2.75, 3.05) is 25.2 Å². The Kier molecular flexibility index (Phi) is 7.58. The summed E-state index contributed by atoms with van der Waals surface area (Å²) in [5, 5.41) is 13.7. The van der Waals surface area contributed by atoms with Gasteiger partial charge < -0.3 is 24.6 Å². The molecule has 8 nitrogen and oxygen atoms in total. The van der Waals surface area contributed by atoms with Crippen LogP contribution < -0.4 is 19.5 Å². The Bertz CT molecular complexity index is 1410. The number of fused-ring (bicyclic) bond motifs is 1. The van der Waals surface area contributed by atoms with E-state index in [2.05, 4.69) is 19.2 Å². The second-order valence-corrected chi connectivity index (χ2v) is 11.1. The summed E-state index contributed by atoms with van der Waals surface area (Å²) in [7, 11) is 0. The molecule has 41 heavy (non-hydrogen) atoms. The van der Waals surface area contributed by atoms with Crippen molar-refractivity contribution in [2.45, 2.75) is 57.6 Å². The number of nitrogens with one attached hydrogen (secondary N) is 1. The number of rotatable bonds is 10. The van der Waals surface area contributed by atoms with Gasteiger partial charge in [-0.2, -0.15) is 0 Å². The molecule has 0 spiro atoms. The molecule has 1 aliphatic carbocycles. The van der Waals surface area contributed by atoms with E-state index in [1.54, 1.807) is 0 Å². The first-order chi connectivity index (χ1) is 19.9. The molecule has 2 heterocycles. The van der Waals surface area contributed by atoms with E-state index in [1.807, 2.05) is 65.6 Å². The minimum absolute atomic E-state index is 0.0665. The van der Waals surface area contributed by atoms with Crippen LogP contribution in [-0.2, 0) is 22.4 Å². The van der Waals surface area contributed by atoms with E-state index < -0.39 is 17.9 Å². The molecule has 214 valence electrons. The molecule has 3 aromatic rings. The number of aryl methyl sites for hydroxylation is 2. The maximum atomic E-state index is 13.6. The molecule has 0 radical (unpaired) electrons.